The van der Waals surface area contributed by atoms with Crippen LogP contribution in [-0.2, 0) is 6.42 Å². The van der Waals surface area contributed by atoms with E-state index < -0.39 is 0 Å². The van der Waals surface area contributed by atoms with Crippen molar-refractivity contribution in [1.82, 2.24) is 15.5 Å². The summed E-state index contributed by atoms with van der Waals surface area (Å²) in [6, 6.07) is 6.91. The van der Waals surface area contributed by atoms with Crippen LogP contribution in [0.4, 0.5) is 0 Å². The van der Waals surface area contributed by atoms with Gasteiger partial charge in [0.05, 0.1) is 0 Å². The molecule has 1 amide bonds. The van der Waals surface area contributed by atoms with Gasteiger partial charge in [0, 0.05) is 31.0 Å². The Morgan fingerprint density at radius 3 is 3.05 bits per heavy atom. The molecule has 0 aliphatic rings. The maximum absolute atomic E-state index is 12.0. The number of aryl methyl sites for hydroxylation is 1. The van der Waals surface area contributed by atoms with E-state index in [9.17, 15) is 4.79 Å². The monoisotopic (exact) mass is 285 g/mol. The van der Waals surface area contributed by atoms with Crippen LogP contribution < -0.4 is 5.32 Å². The Balaban J connectivity index is 1.91. The minimum Gasteiger partial charge on any atom is -0.384 e. The molecule has 6 heteroatoms. The van der Waals surface area contributed by atoms with Crippen LogP contribution >= 0.6 is 0 Å². The van der Waals surface area contributed by atoms with Crippen LogP contribution in [0.25, 0.3) is 0 Å². The molecule has 0 spiro atoms. The molecule has 0 unspecified atom stereocenters. The molecule has 1 aromatic carbocycles. The molecule has 0 aliphatic heterocycles. The summed E-state index contributed by atoms with van der Waals surface area (Å²) in [6.45, 7) is 1.93. The van der Waals surface area contributed by atoms with Crippen molar-refractivity contribution in [3.63, 3.8) is 0 Å². The first-order chi connectivity index (χ1) is 10.2. The molecule has 0 fully saturated rings. The van der Waals surface area contributed by atoms with Crippen molar-refractivity contribution in [1.29, 1.82) is 0 Å². The van der Waals surface area contributed by atoms with Gasteiger partial charge < -0.3 is 14.9 Å². The Hall–Kier alpha value is -2.65. The van der Waals surface area contributed by atoms with Crippen LogP contribution in [0.15, 0.2) is 28.8 Å². The first-order valence-electron chi connectivity index (χ1n) is 6.46. The Morgan fingerprint density at radius 2 is 2.33 bits per heavy atom. The molecular weight excluding hydrogens is 270 g/mol. The number of aliphatic hydroxyl groups excluding tert-OH is 1. The van der Waals surface area contributed by atoms with E-state index in [0.29, 0.717) is 35.8 Å². The highest BCUT2D eigenvalue weighted by atomic mass is 16.5. The number of nitrogens with zero attached hydrogens (tertiary/aromatic N) is 2. The summed E-state index contributed by atoms with van der Waals surface area (Å²) in [5.41, 5.74) is 1.20. The molecule has 6 nitrogen and oxygen atoms in total. The van der Waals surface area contributed by atoms with Gasteiger partial charge >= 0.3 is 0 Å². The number of hydrogen-bond donors (Lipinski definition) is 2. The molecule has 0 atom stereocenters. The molecule has 0 bridgehead atoms. The maximum Gasteiger partial charge on any atom is 0.251 e. The van der Waals surface area contributed by atoms with Crippen molar-refractivity contribution in [3.05, 3.63) is 47.1 Å². The fraction of sp³-hybridized carbons (Fsp3) is 0.267. The molecule has 2 aromatic rings. The third-order valence-corrected chi connectivity index (χ3v) is 2.64. The number of amides is 1. The van der Waals surface area contributed by atoms with Crippen molar-refractivity contribution in [2.24, 2.45) is 0 Å². The summed E-state index contributed by atoms with van der Waals surface area (Å²) in [6.07, 6.45) is 0.507. The third kappa shape index (κ3) is 4.44. The summed E-state index contributed by atoms with van der Waals surface area (Å²) in [5, 5.41) is 15.2. The van der Waals surface area contributed by atoms with Crippen molar-refractivity contribution in [2.75, 3.05) is 13.2 Å². The highest BCUT2D eigenvalue weighted by Crippen LogP contribution is 2.04. The van der Waals surface area contributed by atoms with Gasteiger partial charge in [-0.25, -0.2) is 0 Å². The molecule has 1 aromatic heterocycles. The highest BCUT2D eigenvalue weighted by Gasteiger charge is 2.07. The van der Waals surface area contributed by atoms with Crippen molar-refractivity contribution in [3.8, 4) is 11.8 Å². The highest BCUT2D eigenvalue weighted by molar-refractivity contribution is 5.94. The summed E-state index contributed by atoms with van der Waals surface area (Å²) < 4.78 is 4.85. The summed E-state index contributed by atoms with van der Waals surface area (Å²) in [7, 11) is 0. The van der Waals surface area contributed by atoms with Gasteiger partial charge in [0.1, 0.15) is 6.61 Å². The van der Waals surface area contributed by atoms with Gasteiger partial charge in [-0.3, -0.25) is 4.79 Å². The lowest BCUT2D eigenvalue weighted by molar-refractivity contribution is 0.0954. The van der Waals surface area contributed by atoms with E-state index in [2.05, 4.69) is 27.3 Å². The maximum atomic E-state index is 12.0. The van der Waals surface area contributed by atoms with E-state index in [1.54, 1.807) is 31.2 Å². The largest absolute Gasteiger partial charge is 0.384 e. The number of benzene rings is 1. The predicted molar refractivity (Wildman–Crippen MR) is 75.5 cm³/mol. The Labute approximate surface area is 122 Å². The average Bonchev–Trinajstić information content (AvgIpc) is 2.91. The quantitative estimate of drug-likeness (QED) is 0.807. The lowest BCUT2D eigenvalue weighted by Crippen LogP contribution is -2.26. The Bertz CT molecular complexity index is 683. The molecule has 2 N–H and O–H groups in total. The van der Waals surface area contributed by atoms with Crippen LogP contribution in [0.2, 0.25) is 0 Å². The summed E-state index contributed by atoms with van der Waals surface area (Å²) in [4.78, 5) is 16.1. The Morgan fingerprint density at radius 1 is 1.48 bits per heavy atom. The van der Waals surface area contributed by atoms with E-state index >= 15 is 0 Å². The fourth-order valence-corrected chi connectivity index (χ4v) is 1.71. The summed E-state index contributed by atoms with van der Waals surface area (Å²) >= 11 is 0. The number of carbonyl (C=O) groups is 1. The first kappa shape index (κ1) is 14.8. The van der Waals surface area contributed by atoms with E-state index in [1.165, 1.54) is 0 Å². The van der Waals surface area contributed by atoms with Crippen LogP contribution in [0, 0.1) is 18.8 Å². The van der Waals surface area contributed by atoms with Crippen molar-refractivity contribution < 1.29 is 14.4 Å². The van der Waals surface area contributed by atoms with Gasteiger partial charge in [0.25, 0.3) is 5.91 Å². The predicted octanol–water partition coefficient (Wildman–Crippen LogP) is 0.694. The van der Waals surface area contributed by atoms with Gasteiger partial charge in [0.15, 0.2) is 5.82 Å². The molecule has 108 valence electrons. The fourth-order valence-electron chi connectivity index (χ4n) is 1.71. The molecule has 0 saturated carbocycles. The zero-order chi connectivity index (χ0) is 15.1. The van der Waals surface area contributed by atoms with Gasteiger partial charge in [0.2, 0.25) is 5.89 Å². The molecule has 21 heavy (non-hydrogen) atoms. The summed E-state index contributed by atoms with van der Waals surface area (Å²) in [5.74, 6) is 6.19. The standard InChI is InChI=1S/C15H15N3O3/c1-11-17-14(18-21-11)7-8-16-15(20)13-6-2-4-12(10-13)5-3-9-19/h2,4,6,10,19H,7-9H2,1H3,(H,16,20). The van der Waals surface area contributed by atoms with E-state index in [1.807, 2.05) is 0 Å². The van der Waals surface area contributed by atoms with Crippen LogP contribution in [0.1, 0.15) is 27.6 Å². The number of aromatic nitrogens is 2. The number of aliphatic hydroxyl groups is 1. The number of carbonyl (C=O) groups excluding carboxylic acids is 1. The number of nitrogens with one attached hydrogen (secondary N) is 1. The van der Waals surface area contributed by atoms with Crippen LogP contribution in [0.5, 0.6) is 0 Å². The van der Waals surface area contributed by atoms with E-state index in [4.69, 9.17) is 9.63 Å². The smallest absolute Gasteiger partial charge is 0.251 e. The lowest BCUT2D eigenvalue weighted by Gasteiger charge is -2.04. The van der Waals surface area contributed by atoms with Crippen LogP contribution in [0.3, 0.4) is 0 Å². The van der Waals surface area contributed by atoms with Crippen molar-refractivity contribution in [2.45, 2.75) is 13.3 Å². The molecule has 0 saturated heterocycles. The minimum absolute atomic E-state index is 0.192. The van der Waals surface area contributed by atoms with Crippen molar-refractivity contribution >= 4 is 5.91 Å². The normalized spacial score (nSPS) is 9.81. The van der Waals surface area contributed by atoms with Gasteiger partial charge in [-0.2, -0.15) is 4.98 Å². The van der Waals surface area contributed by atoms with Gasteiger partial charge in [-0.1, -0.05) is 23.1 Å². The van der Waals surface area contributed by atoms with Crippen LogP contribution in [-0.4, -0.2) is 34.3 Å². The zero-order valence-corrected chi connectivity index (χ0v) is 11.6. The third-order valence-electron chi connectivity index (χ3n) is 2.64. The average molecular weight is 285 g/mol. The molecule has 1 heterocycles. The number of hydrogen-bond acceptors (Lipinski definition) is 5. The molecular formula is C15H15N3O3. The second kappa shape index (κ2) is 7.22. The van der Waals surface area contributed by atoms with Gasteiger partial charge in [-0.15, -0.1) is 0 Å². The van der Waals surface area contributed by atoms with E-state index in [0.717, 1.165) is 0 Å². The lowest BCUT2D eigenvalue weighted by atomic mass is 10.1. The SMILES string of the molecule is Cc1nc(CCNC(=O)c2cccc(C#CCO)c2)no1. The first-order valence-corrected chi connectivity index (χ1v) is 6.46. The minimum atomic E-state index is -0.208. The molecule has 2 rings (SSSR count). The Kier molecular flexibility index (Phi) is 5.07. The molecule has 0 radical (unpaired) electrons. The zero-order valence-electron chi connectivity index (χ0n) is 11.6. The second-order valence-corrected chi connectivity index (χ2v) is 4.28. The molecule has 0 aliphatic carbocycles. The number of rotatable bonds is 4. The van der Waals surface area contributed by atoms with Gasteiger partial charge in [-0.05, 0) is 18.2 Å². The van der Waals surface area contributed by atoms with E-state index in [-0.39, 0.29) is 12.5 Å². The topological polar surface area (TPSA) is 88.2 Å². The second-order valence-electron chi connectivity index (χ2n) is 4.28.